The Kier molecular flexibility index (Phi) is 3.30. The fourth-order valence-corrected chi connectivity index (χ4v) is 3.86. The van der Waals surface area contributed by atoms with Crippen molar-refractivity contribution < 1.29 is 19.4 Å². The summed E-state index contributed by atoms with van der Waals surface area (Å²) in [6.45, 7) is 0. The summed E-state index contributed by atoms with van der Waals surface area (Å²) in [4.78, 5) is 23.7. The molecule has 0 amide bonds. The molecule has 3 rings (SSSR count). The van der Waals surface area contributed by atoms with E-state index in [1.165, 1.54) is 11.3 Å². The smallest absolute Gasteiger partial charge is 0.307 e. The van der Waals surface area contributed by atoms with Gasteiger partial charge in [0.2, 0.25) is 0 Å². The van der Waals surface area contributed by atoms with Crippen LogP contribution in [-0.2, 0) is 4.79 Å². The Labute approximate surface area is 127 Å². The average Bonchev–Trinajstić information content (AvgIpc) is 3.11. The molecule has 1 aromatic heterocycles. The van der Waals surface area contributed by atoms with E-state index in [0.717, 1.165) is 14.6 Å². The number of carbonyl (C=O) groups is 2. The van der Waals surface area contributed by atoms with Crippen LogP contribution in [0.4, 0.5) is 0 Å². The summed E-state index contributed by atoms with van der Waals surface area (Å²) in [5.41, 5.74) is 0. The third kappa shape index (κ3) is 2.23. The molecule has 1 N–H and O–H groups in total. The number of carboxylic acids is 1. The van der Waals surface area contributed by atoms with Crippen molar-refractivity contribution in [1.29, 1.82) is 0 Å². The Bertz CT molecular complexity index is 721. The minimum Gasteiger partial charge on any atom is -0.496 e. The molecule has 1 fully saturated rings. The number of Topliss-reactive ketones (excluding diaryl/α,β-unsaturated/α-hetero) is 1. The number of carboxylic acid groups (broad SMARTS) is 1. The minimum absolute atomic E-state index is 0.0614. The first kappa shape index (κ1) is 13.6. The number of benzene rings is 1. The highest BCUT2D eigenvalue weighted by Crippen LogP contribution is 2.43. The normalized spacial score (nSPS) is 20.9. The zero-order valence-electron chi connectivity index (χ0n) is 10.6. The van der Waals surface area contributed by atoms with Gasteiger partial charge in [0.25, 0.3) is 0 Å². The van der Waals surface area contributed by atoms with Gasteiger partial charge >= 0.3 is 5.97 Å². The molecule has 1 aliphatic carbocycles. The molecule has 0 unspecified atom stereocenters. The fraction of sp³-hybridized carbons (Fsp3) is 0.286. The van der Waals surface area contributed by atoms with Crippen molar-refractivity contribution in [3.8, 4) is 5.75 Å². The second-order valence-electron chi connectivity index (χ2n) is 4.79. The predicted octanol–water partition coefficient (Wildman–Crippen LogP) is 3.58. The molecular weight excluding hydrogens is 344 g/mol. The van der Waals surface area contributed by atoms with Gasteiger partial charge in [-0.25, -0.2) is 0 Å². The number of carbonyl (C=O) groups excluding carboxylic acids is 1. The second-order valence-corrected chi connectivity index (χ2v) is 6.72. The van der Waals surface area contributed by atoms with E-state index in [9.17, 15) is 9.59 Å². The van der Waals surface area contributed by atoms with E-state index < -0.39 is 11.9 Å². The van der Waals surface area contributed by atoms with Gasteiger partial charge in [0.1, 0.15) is 5.75 Å². The van der Waals surface area contributed by atoms with Crippen LogP contribution in [0, 0.1) is 11.8 Å². The molecule has 1 aliphatic rings. The quantitative estimate of drug-likeness (QED) is 0.852. The minimum atomic E-state index is -0.881. The summed E-state index contributed by atoms with van der Waals surface area (Å²) in [6.07, 6.45) is 0.454. The molecule has 0 radical (unpaired) electrons. The Balaban J connectivity index is 1.93. The second kappa shape index (κ2) is 4.86. The Morgan fingerprint density at radius 2 is 2.10 bits per heavy atom. The van der Waals surface area contributed by atoms with Crippen LogP contribution in [0.1, 0.15) is 16.1 Å². The van der Waals surface area contributed by atoms with Gasteiger partial charge in [-0.15, -0.1) is 11.3 Å². The van der Waals surface area contributed by atoms with Gasteiger partial charge in [0.15, 0.2) is 5.78 Å². The van der Waals surface area contributed by atoms with Crippen molar-refractivity contribution >= 4 is 49.1 Å². The summed E-state index contributed by atoms with van der Waals surface area (Å²) >= 11 is 4.79. The average molecular weight is 355 g/mol. The lowest BCUT2D eigenvalue weighted by atomic mass is 10.1. The number of halogens is 1. The largest absolute Gasteiger partial charge is 0.496 e. The maximum atomic E-state index is 12.2. The van der Waals surface area contributed by atoms with Crippen LogP contribution < -0.4 is 4.74 Å². The molecule has 4 nitrogen and oxygen atoms in total. The number of thiophene rings is 1. The first-order valence-corrected chi connectivity index (χ1v) is 7.66. The number of ether oxygens (including phenoxy) is 1. The van der Waals surface area contributed by atoms with Gasteiger partial charge in [-0.2, -0.15) is 0 Å². The van der Waals surface area contributed by atoms with Crippen LogP contribution >= 0.6 is 27.3 Å². The monoisotopic (exact) mass is 354 g/mol. The van der Waals surface area contributed by atoms with E-state index in [1.807, 2.05) is 18.2 Å². The van der Waals surface area contributed by atoms with Crippen molar-refractivity contribution in [1.82, 2.24) is 0 Å². The van der Waals surface area contributed by atoms with Gasteiger partial charge in [-0.3, -0.25) is 9.59 Å². The van der Waals surface area contributed by atoms with E-state index in [-0.39, 0.29) is 11.7 Å². The number of methoxy groups -OCH3 is 1. The number of aliphatic carboxylic acids is 1. The number of hydrogen-bond acceptors (Lipinski definition) is 4. The molecule has 6 heteroatoms. The first-order valence-electron chi connectivity index (χ1n) is 6.05. The summed E-state index contributed by atoms with van der Waals surface area (Å²) in [5.74, 6) is -1.09. The van der Waals surface area contributed by atoms with Crippen LogP contribution in [0.15, 0.2) is 22.7 Å². The molecule has 104 valence electrons. The van der Waals surface area contributed by atoms with Crippen molar-refractivity contribution in [2.75, 3.05) is 7.11 Å². The van der Waals surface area contributed by atoms with Gasteiger partial charge in [-0.05, 0) is 45.9 Å². The van der Waals surface area contributed by atoms with Crippen LogP contribution in [0.3, 0.4) is 0 Å². The molecule has 2 aromatic rings. The summed E-state index contributed by atoms with van der Waals surface area (Å²) in [5, 5.41) is 9.85. The van der Waals surface area contributed by atoms with Gasteiger partial charge in [0, 0.05) is 10.6 Å². The molecule has 0 bridgehead atoms. The highest BCUT2D eigenvalue weighted by Gasteiger charge is 2.48. The molecule has 0 saturated heterocycles. The van der Waals surface area contributed by atoms with E-state index in [0.29, 0.717) is 17.0 Å². The van der Waals surface area contributed by atoms with Crippen LogP contribution in [-0.4, -0.2) is 24.0 Å². The third-order valence-electron chi connectivity index (χ3n) is 3.48. The van der Waals surface area contributed by atoms with Crippen LogP contribution in [0.5, 0.6) is 5.75 Å². The third-order valence-corrected chi connectivity index (χ3v) is 5.21. The van der Waals surface area contributed by atoms with Crippen LogP contribution in [0.2, 0.25) is 0 Å². The number of fused-ring (bicyclic) bond motifs is 1. The molecule has 20 heavy (non-hydrogen) atoms. The van der Waals surface area contributed by atoms with E-state index in [4.69, 9.17) is 9.84 Å². The molecule has 0 aliphatic heterocycles. The van der Waals surface area contributed by atoms with Crippen molar-refractivity contribution in [2.24, 2.45) is 11.8 Å². The Hall–Kier alpha value is -1.40. The van der Waals surface area contributed by atoms with E-state index in [2.05, 4.69) is 15.9 Å². The fourth-order valence-electron chi connectivity index (χ4n) is 2.26. The molecule has 1 heterocycles. The zero-order chi connectivity index (χ0) is 14.4. The highest BCUT2D eigenvalue weighted by molar-refractivity contribution is 9.10. The van der Waals surface area contributed by atoms with Gasteiger partial charge < -0.3 is 9.84 Å². The molecule has 0 spiro atoms. The SMILES string of the molecule is COc1cc2sc(C(=O)[C@@H]3C[C@H]3C(=O)O)cc2cc1Br. The predicted molar refractivity (Wildman–Crippen MR) is 79.6 cm³/mol. The molecular formula is C14H11BrO4S. The lowest BCUT2D eigenvalue weighted by molar-refractivity contribution is -0.138. The Morgan fingerprint density at radius 3 is 2.70 bits per heavy atom. The summed E-state index contributed by atoms with van der Waals surface area (Å²) in [7, 11) is 1.59. The van der Waals surface area contributed by atoms with Crippen molar-refractivity contribution in [3.05, 3.63) is 27.5 Å². The molecule has 1 saturated carbocycles. The van der Waals surface area contributed by atoms with Crippen molar-refractivity contribution in [3.63, 3.8) is 0 Å². The number of rotatable bonds is 4. The molecule has 2 atom stereocenters. The van der Waals surface area contributed by atoms with Crippen molar-refractivity contribution in [2.45, 2.75) is 6.42 Å². The number of ketones is 1. The molecule has 1 aromatic carbocycles. The lowest BCUT2D eigenvalue weighted by Gasteiger charge is -2.01. The highest BCUT2D eigenvalue weighted by atomic mass is 79.9. The van der Waals surface area contributed by atoms with Gasteiger partial charge in [0.05, 0.1) is 22.4 Å². The van der Waals surface area contributed by atoms with E-state index in [1.54, 1.807) is 7.11 Å². The zero-order valence-corrected chi connectivity index (χ0v) is 13.0. The van der Waals surface area contributed by atoms with Crippen LogP contribution in [0.25, 0.3) is 10.1 Å². The van der Waals surface area contributed by atoms with E-state index >= 15 is 0 Å². The maximum absolute atomic E-state index is 12.2. The standard InChI is InChI=1S/C14H11BrO4S/c1-19-10-5-11-6(2-9(10)15)3-12(20-11)13(16)7-4-8(7)14(17)18/h2-3,5,7-8H,4H2,1H3,(H,17,18)/t7-,8-/m1/s1. The topological polar surface area (TPSA) is 63.6 Å². The first-order chi connectivity index (χ1) is 9.51. The summed E-state index contributed by atoms with van der Waals surface area (Å²) in [6, 6.07) is 5.61. The van der Waals surface area contributed by atoms with Gasteiger partial charge in [-0.1, -0.05) is 0 Å². The Morgan fingerprint density at radius 1 is 1.35 bits per heavy atom. The lowest BCUT2D eigenvalue weighted by Crippen LogP contribution is -2.06. The summed E-state index contributed by atoms with van der Waals surface area (Å²) < 4.78 is 7.02. The number of hydrogen-bond donors (Lipinski definition) is 1. The maximum Gasteiger partial charge on any atom is 0.307 e.